The Labute approximate surface area is 69.9 Å². The first-order valence-electron chi connectivity index (χ1n) is 3.57. The molecule has 12 heavy (non-hydrogen) atoms. The van der Waals surface area contributed by atoms with Crippen molar-refractivity contribution in [1.82, 2.24) is 0 Å². The summed E-state index contributed by atoms with van der Waals surface area (Å²) in [5, 5.41) is 44.2. The topological polar surface area (TPSA) is 127 Å². The van der Waals surface area contributed by atoms with Crippen LogP contribution >= 0.6 is 0 Å². The summed E-state index contributed by atoms with van der Waals surface area (Å²) in [5.41, 5.74) is 4.99. The lowest BCUT2D eigenvalue weighted by molar-refractivity contribution is -0.112. The molecule has 0 aromatic rings. The molecular weight excluding hydrogens is 166 g/mol. The van der Waals surface area contributed by atoms with Gasteiger partial charge in [0.1, 0.15) is 18.3 Å². The molecule has 0 aromatic heterocycles. The van der Waals surface area contributed by atoms with Gasteiger partial charge in [0.2, 0.25) is 0 Å². The SMILES string of the molecule is NC[C@@H](O)[C@@H](O)[C@H](O)[C@@H](O)CO. The van der Waals surface area contributed by atoms with Crippen LogP contribution in [0.25, 0.3) is 0 Å². The third-order valence-corrected chi connectivity index (χ3v) is 1.57. The molecule has 0 spiro atoms. The smallest absolute Gasteiger partial charge is 0.111 e. The summed E-state index contributed by atoms with van der Waals surface area (Å²) in [7, 11) is 0. The van der Waals surface area contributed by atoms with E-state index >= 15 is 0 Å². The highest BCUT2D eigenvalue weighted by Gasteiger charge is 2.28. The molecule has 0 aliphatic heterocycles. The van der Waals surface area contributed by atoms with E-state index in [4.69, 9.17) is 31.3 Å². The Morgan fingerprint density at radius 1 is 0.917 bits per heavy atom. The lowest BCUT2D eigenvalue weighted by Gasteiger charge is -2.24. The van der Waals surface area contributed by atoms with E-state index in [-0.39, 0.29) is 6.54 Å². The largest absolute Gasteiger partial charge is 0.394 e. The lowest BCUT2D eigenvalue weighted by atomic mass is 10.0. The van der Waals surface area contributed by atoms with Crippen molar-refractivity contribution in [3.05, 3.63) is 0 Å². The van der Waals surface area contributed by atoms with E-state index in [9.17, 15) is 0 Å². The fourth-order valence-corrected chi connectivity index (χ4v) is 0.703. The maximum absolute atomic E-state index is 9.04. The molecule has 6 heteroatoms. The summed E-state index contributed by atoms with van der Waals surface area (Å²) >= 11 is 0. The van der Waals surface area contributed by atoms with Crippen LogP contribution in [0.5, 0.6) is 0 Å². The van der Waals surface area contributed by atoms with Gasteiger partial charge in [-0.1, -0.05) is 0 Å². The highest BCUT2D eigenvalue weighted by atomic mass is 16.4. The molecule has 74 valence electrons. The van der Waals surface area contributed by atoms with Crippen LogP contribution in [0, 0.1) is 0 Å². The van der Waals surface area contributed by atoms with Gasteiger partial charge in [0.25, 0.3) is 0 Å². The molecule has 0 fully saturated rings. The van der Waals surface area contributed by atoms with E-state index in [1.165, 1.54) is 0 Å². The summed E-state index contributed by atoms with van der Waals surface area (Å²) in [6, 6.07) is 0. The molecule has 0 amide bonds. The van der Waals surface area contributed by atoms with Crippen LogP contribution in [0.2, 0.25) is 0 Å². The van der Waals surface area contributed by atoms with Crippen LogP contribution in [-0.2, 0) is 0 Å². The number of hydrogen-bond donors (Lipinski definition) is 6. The fraction of sp³-hybridized carbons (Fsp3) is 1.00. The minimum absolute atomic E-state index is 0.226. The number of nitrogens with two attached hydrogens (primary N) is 1. The first-order valence-corrected chi connectivity index (χ1v) is 3.57. The van der Waals surface area contributed by atoms with Gasteiger partial charge in [-0.25, -0.2) is 0 Å². The number of aliphatic hydroxyl groups is 5. The highest BCUT2D eigenvalue weighted by Crippen LogP contribution is 2.03. The first-order chi connectivity index (χ1) is 5.54. The summed E-state index contributed by atoms with van der Waals surface area (Å²) in [5.74, 6) is 0. The van der Waals surface area contributed by atoms with Crippen LogP contribution in [0.15, 0.2) is 0 Å². The second-order valence-electron chi connectivity index (χ2n) is 2.53. The third kappa shape index (κ3) is 3.02. The van der Waals surface area contributed by atoms with E-state index in [2.05, 4.69) is 0 Å². The molecule has 0 saturated heterocycles. The van der Waals surface area contributed by atoms with Gasteiger partial charge < -0.3 is 31.3 Å². The van der Waals surface area contributed by atoms with Crippen LogP contribution in [0.1, 0.15) is 0 Å². The zero-order valence-corrected chi connectivity index (χ0v) is 6.54. The van der Waals surface area contributed by atoms with Crippen LogP contribution in [0.4, 0.5) is 0 Å². The minimum Gasteiger partial charge on any atom is -0.394 e. The molecule has 7 N–H and O–H groups in total. The van der Waals surface area contributed by atoms with Crippen molar-refractivity contribution in [2.45, 2.75) is 24.4 Å². The van der Waals surface area contributed by atoms with E-state index in [1.807, 2.05) is 0 Å². The Morgan fingerprint density at radius 2 is 1.33 bits per heavy atom. The maximum atomic E-state index is 9.04. The predicted molar refractivity (Wildman–Crippen MR) is 40.2 cm³/mol. The Morgan fingerprint density at radius 3 is 1.67 bits per heavy atom. The molecule has 0 aromatic carbocycles. The molecule has 0 heterocycles. The van der Waals surface area contributed by atoms with Gasteiger partial charge in [0.05, 0.1) is 12.7 Å². The average molecular weight is 181 g/mol. The van der Waals surface area contributed by atoms with E-state index in [0.717, 1.165) is 0 Å². The Bertz CT molecular complexity index is 109. The number of aliphatic hydroxyl groups excluding tert-OH is 5. The van der Waals surface area contributed by atoms with Gasteiger partial charge in [-0.3, -0.25) is 0 Å². The average Bonchev–Trinajstić information content (AvgIpc) is 2.12. The zero-order chi connectivity index (χ0) is 9.72. The van der Waals surface area contributed by atoms with E-state index < -0.39 is 31.0 Å². The van der Waals surface area contributed by atoms with Crippen molar-refractivity contribution in [2.75, 3.05) is 13.2 Å². The third-order valence-electron chi connectivity index (χ3n) is 1.57. The van der Waals surface area contributed by atoms with Gasteiger partial charge in [-0.05, 0) is 0 Å². The van der Waals surface area contributed by atoms with Crippen LogP contribution < -0.4 is 5.73 Å². The predicted octanol–water partition coefficient (Wildman–Crippen LogP) is -3.62. The molecule has 0 aliphatic rings. The van der Waals surface area contributed by atoms with Crippen molar-refractivity contribution in [1.29, 1.82) is 0 Å². The second-order valence-corrected chi connectivity index (χ2v) is 2.53. The van der Waals surface area contributed by atoms with Crippen molar-refractivity contribution in [3.63, 3.8) is 0 Å². The van der Waals surface area contributed by atoms with Gasteiger partial charge in [0, 0.05) is 6.54 Å². The maximum Gasteiger partial charge on any atom is 0.111 e. The van der Waals surface area contributed by atoms with Crippen LogP contribution in [0.3, 0.4) is 0 Å². The van der Waals surface area contributed by atoms with Crippen LogP contribution in [-0.4, -0.2) is 63.1 Å². The number of rotatable bonds is 5. The Balaban J connectivity index is 3.99. The Hall–Kier alpha value is -0.240. The van der Waals surface area contributed by atoms with Crippen molar-refractivity contribution >= 4 is 0 Å². The first kappa shape index (κ1) is 11.8. The molecule has 0 radical (unpaired) electrons. The quantitative estimate of drug-likeness (QED) is 0.260. The molecule has 6 nitrogen and oxygen atoms in total. The van der Waals surface area contributed by atoms with Gasteiger partial charge >= 0.3 is 0 Å². The van der Waals surface area contributed by atoms with Gasteiger partial charge in [-0.15, -0.1) is 0 Å². The van der Waals surface area contributed by atoms with Gasteiger partial charge in [0.15, 0.2) is 0 Å². The molecule has 0 bridgehead atoms. The fourth-order valence-electron chi connectivity index (χ4n) is 0.703. The zero-order valence-electron chi connectivity index (χ0n) is 6.54. The molecular formula is C6H15NO5. The summed E-state index contributed by atoms with van der Waals surface area (Å²) < 4.78 is 0. The molecule has 0 unspecified atom stereocenters. The molecule has 0 rings (SSSR count). The second kappa shape index (κ2) is 5.41. The summed E-state index contributed by atoms with van der Waals surface area (Å²) in [6.45, 7) is -0.911. The standard InChI is InChI=1S/C6H15NO5/c7-1-3(9)5(11)6(12)4(10)2-8/h3-6,8-12H,1-2,7H2/t3-,4+,5-,6-/m1/s1. The number of hydrogen-bond acceptors (Lipinski definition) is 6. The minimum atomic E-state index is -1.59. The summed E-state index contributed by atoms with van der Waals surface area (Å²) in [6.07, 6.45) is -5.91. The van der Waals surface area contributed by atoms with Crippen molar-refractivity contribution < 1.29 is 25.5 Å². The molecule has 0 saturated carbocycles. The van der Waals surface area contributed by atoms with Crippen molar-refractivity contribution in [3.8, 4) is 0 Å². The molecule has 0 aliphatic carbocycles. The Kier molecular flexibility index (Phi) is 5.31. The normalized spacial score (nSPS) is 21.5. The monoisotopic (exact) mass is 181 g/mol. The van der Waals surface area contributed by atoms with Gasteiger partial charge in [-0.2, -0.15) is 0 Å². The van der Waals surface area contributed by atoms with Crippen molar-refractivity contribution in [2.24, 2.45) is 5.73 Å². The van der Waals surface area contributed by atoms with E-state index in [0.29, 0.717) is 0 Å². The van der Waals surface area contributed by atoms with E-state index in [1.54, 1.807) is 0 Å². The highest BCUT2D eigenvalue weighted by molar-refractivity contribution is 4.80. The molecule has 4 atom stereocenters. The lowest BCUT2D eigenvalue weighted by Crippen LogP contribution is -2.48. The summed E-state index contributed by atoms with van der Waals surface area (Å²) in [4.78, 5) is 0.